The fraction of sp³-hybridized carbons (Fsp3) is 0.571. The van der Waals surface area contributed by atoms with Crippen LogP contribution in [0, 0.1) is 6.92 Å². The van der Waals surface area contributed by atoms with Crippen molar-refractivity contribution < 1.29 is 9.50 Å². The van der Waals surface area contributed by atoms with E-state index in [-0.39, 0.29) is 6.04 Å². The van der Waals surface area contributed by atoms with Crippen LogP contribution in [-0.4, -0.2) is 23.9 Å². The van der Waals surface area contributed by atoms with Crippen molar-refractivity contribution in [2.45, 2.75) is 44.5 Å². The molecule has 17 heavy (non-hydrogen) atoms. The third-order valence-corrected chi connectivity index (χ3v) is 3.49. The molecule has 1 aliphatic rings. The van der Waals surface area contributed by atoms with Crippen molar-refractivity contribution >= 4 is 0 Å². The smallest absolute Gasteiger partial charge is 0.103 e. The largest absolute Gasteiger partial charge is 0.388 e. The second kappa shape index (κ2) is 5.61. The molecule has 0 radical (unpaired) electrons. The van der Waals surface area contributed by atoms with Crippen molar-refractivity contribution in [2.24, 2.45) is 0 Å². The van der Waals surface area contributed by atoms with Crippen molar-refractivity contribution in [3.63, 3.8) is 0 Å². The number of aryl methyl sites for hydroxylation is 1. The van der Waals surface area contributed by atoms with Crippen LogP contribution in [0.2, 0.25) is 0 Å². The van der Waals surface area contributed by atoms with E-state index >= 15 is 0 Å². The first kappa shape index (κ1) is 12.5. The van der Waals surface area contributed by atoms with Crippen molar-refractivity contribution in [3.8, 4) is 0 Å². The Labute approximate surface area is 102 Å². The first-order chi connectivity index (χ1) is 8.16. The van der Waals surface area contributed by atoms with Crippen LogP contribution in [0.1, 0.15) is 36.5 Å². The van der Waals surface area contributed by atoms with Gasteiger partial charge in [0.25, 0.3) is 0 Å². The standard InChI is InChI=1S/C14H20FNO/c1-10-4-2-3-5-13(10)14(17)9-12-8-11(15)6-7-16-12/h2-5,11-12,14,16-17H,6-9H2,1H3/t11-,12-,14+/m0/s1. The Morgan fingerprint density at radius 3 is 2.94 bits per heavy atom. The van der Waals surface area contributed by atoms with Crippen LogP contribution in [-0.2, 0) is 0 Å². The van der Waals surface area contributed by atoms with Gasteiger partial charge in [-0.2, -0.15) is 0 Å². The summed E-state index contributed by atoms with van der Waals surface area (Å²) >= 11 is 0. The zero-order valence-electron chi connectivity index (χ0n) is 10.2. The third kappa shape index (κ3) is 3.27. The number of rotatable bonds is 3. The highest BCUT2D eigenvalue weighted by molar-refractivity contribution is 5.27. The zero-order chi connectivity index (χ0) is 12.3. The van der Waals surface area contributed by atoms with Gasteiger partial charge in [-0.3, -0.25) is 0 Å². The van der Waals surface area contributed by atoms with Crippen LogP contribution in [0.3, 0.4) is 0 Å². The van der Waals surface area contributed by atoms with Gasteiger partial charge >= 0.3 is 0 Å². The number of hydrogen-bond donors (Lipinski definition) is 2. The Balaban J connectivity index is 1.97. The molecule has 3 atom stereocenters. The molecular weight excluding hydrogens is 217 g/mol. The monoisotopic (exact) mass is 237 g/mol. The van der Waals surface area contributed by atoms with Crippen LogP contribution in [0.15, 0.2) is 24.3 Å². The number of aliphatic hydroxyl groups is 1. The van der Waals surface area contributed by atoms with Crippen LogP contribution in [0.25, 0.3) is 0 Å². The summed E-state index contributed by atoms with van der Waals surface area (Å²) in [5.74, 6) is 0. The van der Waals surface area contributed by atoms with Gasteiger partial charge in [-0.25, -0.2) is 4.39 Å². The Kier molecular flexibility index (Phi) is 4.13. The molecule has 0 spiro atoms. The van der Waals surface area contributed by atoms with E-state index in [0.717, 1.165) is 11.1 Å². The lowest BCUT2D eigenvalue weighted by Crippen LogP contribution is -2.39. The van der Waals surface area contributed by atoms with Gasteiger partial charge in [0.15, 0.2) is 0 Å². The van der Waals surface area contributed by atoms with Gasteiger partial charge in [-0.05, 0) is 43.9 Å². The van der Waals surface area contributed by atoms with Gasteiger partial charge in [0.2, 0.25) is 0 Å². The number of piperidine rings is 1. The van der Waals surface area contributed by atoms with E-state index in [1.807, 2.05) is 31.2 Å². The first-order valence-electron chi connectivity index (χ1n) is 6.28. The summed E-state index contributed by atoms with van der Waals surface area (Å²) in [5.41, 5.74) is 2.04. The Morgan fingerprint density at radius 1 is 1.47 bits per heavy atom. The molecular formula is C14H20FNO. The molecule has 1 fully saturated rings. The van der Waals surface area contributed by atoms with Crippen molar-refractivity contribution in [1.82, 2.24) is 5.32 Å². The van der Waals surface area contributed by atoms with Crippen molar-refractivity contribution in [3.05, 3.63) is 35.4 Å². The summed E-state index contributed by atoms with van der Waals surface area (Å²) in [6.45, 7) is 2.71. The zero-order valence-corrected chi connectivity index (χ0v) is 10.2. The number of benzene rings is 1. The third-order valence-electron chi connectivity index (χ3n) is 3.49. The molecule has 0 unspecified atom stereocenters. The molecule has 1 heterocycles. The average molecular weight is 237 g/mol. The summed E-state index contributed by atoms with van der Waals surface area (Å²) < 4.78 is 13.2. The van der Waals surface area contributed by atoms with Gasteiger partial charge in [0, 0.05) is 6.04 Å². The van der Waals surface area contributed by atoms with Crippen LogP contribution >= 0.6 is 0 Å². The molecule has 94 valence electrons. The molecule has 1 saturated heterocycles. The molecule has 0 aliphatic carbocycles. The van der Waals surface area contributed by atoms with E-state index in [1.54, 1.807) is 0 Å². The van der Waals surface area contributed by atoms with Gasteiger partial charge in [0.05, 0.1) is 6.10 Å². The summed E-state index contributed by atoms with van der Waals surface area (Å²) in [6.07, 6.45) is 0.481. The lowest BCUT2D eigenvalue weighted by molar-refractivity contribution is 0.127. The van der Waals surface area contributed by atoms with Crippen LogP contribution in [0.5, 0.6) is 0 Å². The maximum atomic E-state index is 13.2. The first-order valence-corrected chi connectivity index (χ1v) is 6.28. The Morgan fingerprint density at radius 2 is 2.24 bits per heavy atom. The van der Waals surface area contributed by atoms with Gasteiger partial charge in [-0.1, -0.05) is 24.3 Å². The minimum Gasteiger partial charge on any atom is -0.388 e. The summed E-state index contributed by atoms with van der Waals surface area (Å²) in [4.78, 5) is 0. The molecule has 1 aromatic carbocycles. The van der Waals surface area contributed by atoms with E-state index in [2.05, 4.69) is 5.32 Å². The fourth-order valence-corrected chi connectivity index (χ4v) is 2.49. The molecule has 2 rings (SSSR count). The van der Waals surface area contributed by atoms with Gasteiger partial charge in [-0.15, -0.1) is 0 Å². The van der Waals surface area contributed by atoms with E-state index < -0.39 is 12.3 Å². The molecule has 1 aromatic rings. The van der Waals surface area contributed by atoms with Crippen LogP contribution < -0.4 is 5.32 Å². The topological polar surface area (TPSA) is 32.3 Å². The van der Waals surface area contributed by atoms with Gasteiger partial charge in [0.1, 0.15) is 6.17 Å². The SMILES string of the molecule is Cc1ccccc1[C@H](O)C[C@@H]1C[C@@H](F)CCN1. The minimum atomic E-state index is -0.717. The Bertz CT molecular complexity index is 369. The minimum absolute atomic E-state index is 0.0911. The molecule has 3 heteroatoms. The second-order valence-corrected chi connectivity index (χ2v) is 4.88. The summed E-state index contributed by atoms with van der Waals surface area (Å²) in [7, 11) is 0. The normalized spacial score (nSPS) is 26.8. The number of nitrogens with one attached hydrogen (secondary N) is 1. The lowest BCUT2D eigenvalue weighted by Gasteiger charge is -2.28. The Hall–Kier alpha value is -0.930. The van der Waals surface area contributed by atoms with E-state index in [0.29, 0.717) is 25.8 Å². The summed E-state index contributed by atoms with van der Waals surface area (Å²) in [5, 5.41) is 13.4. The van der Waals surface area contributed by atoms with Crippen LogP contribution in [0.4, 0.5) is 4.39 Å². The molecule has 2 N–H and O–H groups in total. The summed E-state index contributed by atoms with van der Waals surface area (Å²) in [6, 6.07) is 7.91. The second-order valence-electron chi connectivity index (χ2n) is 4.88. The average Bonchev–Trinajstić information content (AvgIpc) is 2.29. The maximum Gasteiger partial charge on any atom is 0.103 e. The number of hydrogen-bond acceptors (Lipinski definition) is 2. The molecule has 1 aliphatic heterocycles. The van der Waals surface area contributed by atoms with E-state index in [9.17, 15) is 9.50 Å². The van der Waals surface area contributed by atoms with Crippen molar-refractivity contribution in [1.29, 1.82) is 0 Å². The number of alkyl halides is 1. The van der Waals surface area contributed by atoms with Gasteiger partial charge < -0.3 is 10.4 Å². The molecule has 0 aromatic heterocycles. The molecule has 0 bridgehead atoms. The number of halogens is 1. The molecule has 0 amide bonds. The predicted molar refractivity (Wildman–Crippen MR) is 66.7 cm³/mol. The fourth-order valence-electron chi connectivity index (χ4n) is 2.49. The quantitative estimate of drug-likeness (QED) is 0.846. The lowest BCUT2D eigenvalue weighted by atomic mass is 9.93. The van der Waals surface area contributed by atoms with Crippen molar-refractivity contribution in [2.75, 3.05) is 6.54 Å². The number of aliphatic hydroxyl groups excluding tert-OH is 1. The predicted octanol–water partition coefficient (Wildman–Crippen LogP) is 2.51. The maximum absolute atomic E-state index is 13.2. The molecule has 0 saturated carbocycles. The molecule has 2 nitrogen and oxygen atoms in total. The highest BCUT2D eigenvalue weighted by atomic mass is 19.1. The highest BCUT2D eigenvalue weighted by Crippen LogP contribution is 2.25. The van der Waals surface area contributed by atoms with E-state index in [1.165, 1.54) is 0 Å². The van der Waals surface area contributed by atoms with E-state index in [4.69, 9.17) is 0 Å². The highest BCUT2D eigenvalue weighted by Gasteiger charge is 2.24.